The maximum absolute atomic E-state index is 13.6. The van der Waals surface area contributed by atoms with Crippen LogP contribution in [0.15, 0.2) is 48.5 Å². The van der Waals surface area contributed by atoms with Gasteiger partial charge in [-0.15, -0.1) is 0 Å². The van der Waals surface area contributed by atoms with E-state index in [1.807, 2.05) is 25.1 Å². The first kappa shape index (κ1) is 29.8. The maximum Gasteiger partial charge on any atom is 0.243 e. The van der Waals surface area contributed by atoms with E-state index >= 15 is 0 Å². The van der Waals surface area contributed by atoms with Gasteiger partial charge in [0, 0.05) is 30.6 Å². The Morgan fingerprint density at radius 2 is 1.76 bits per heavy atom. The predicted octanol–water partition coefficient (Wildman–Crippen LogP) is 4.76. The van der Waals surface area contributed by atoms with Crippen molar-refractivity contribution in [3.8, 4) is 5.75 Å². The van der Waals surface area contributed by atoms with E-state index in [0.717, 1.165) is 37.5 Å². The van der Waals surface area contributed by atoms with Crippen molar-refractivity contribution in [2.75, 3.05) is 24.2 Å². The van der Waals surface area contributed by atoms with Crippen molar-refractivity contribution in [1.82, 2.24) is 10.2 Å². The Kier molecular flexibility index (Phi) is 10.8. The van der Waals surface area contributed by atoms with E-state index in [2.05, 4.69) is 5.32 Å². The molecule has 1 fully saturated rings. The lowest BCUT2D eigenvalue weighted by atomic mass is 10.1. The van der Waals surface area contributed by atoms with Crippen LogP contribution in [0, 0.1) is 0 Å². The van der Waals surface area contributed by atoms with Gasteiger partial charge in [0.2, 0.25) is 21.8 Å². The molecule has 1 aliphatic carbocycles. The van der Waals surface area contributed by atoms with Crippen LogP contribution in [0.5, 0.6) is 5.75 Å². The van der Waals surface area contributed by atoms with Crippen LogP contribution in [-0.4, -0.2) is 57.1 Å². The Balaban J connectivity index is 1.78. The van der Waals surface area contributed by atoms with E-state index in [9.17, 15) is 18.0 Å². The van der Waals surface area contributed by atoms with Gasteiger partial charge in [-0.1, -0.05) is 61.7 Å². The fourth-order valence-electron chi connectivity index (χ4n) is 4.92. The summed E-state index contributed by atoms with van der Waals surface area (Å²) in [5.74, 6) is 0.0395. The zero-order valence-corrected chi connectivity index (χ0v) is 23.9. The fraction of sp³-hybridized carbons (Fsp3) is 0.500. The number of carbonyl (C=O) groups is 2. The molecule has 0 bridgehead atoms. The number of hydrogen-bond donors (Lipinski definition) is 1. The van der Waals surface area contributed by atoms with Crippen molar-refractivity contribution >= 4 is 39.1 Å². The van der Waals surface area contributed by atoms with E-state index in [1.54, 1.807) is 35.2 Å². The minimum Gasteiger partial charge on any atom is -0.495 e. The summed E-state index contributed by atoms with van der Waals surface area (Å²) in [5.41, 5.74) is 1.17. The van der Waals surface area contributed by atoms with Gasteiger partial charge in [-0.25, -0.2) is 8.42 Å². The summed E-state index contributed by atoms with van der Waals surface area (Å²) in [7, 11) is -2.14. The van der Waals surface area contributed by atoms with Crippen LogP contribution >= 0.6 is 11.6 Å². The standard InChI is InChI=1S/C28H38ClN3O5S/c1-4-24(28(34)30-22-13-6-7-14-22)31(20-21-12-5-8-15-23(21)29)27(33)18-11-19-32(38(3,35)36)25-16-9-10-17-26(25)37-2/h5,8-10,12,15-17,22,24H,4,6-7,11,13-14,18-20H2,1-3H3,(H,30,34)/t24-/m0/s1. The van der Waals surface area contributed by atoms with Gasteiger partial charge >= 0.3 is 0 Å². The Morgan fingerprint density at radius 1 is 1.11 bits per heavy atom. The summed E-state index contributed by atoms with van der Waals surface area (Å²) in [6.45, 7) is 2.17. The van der Waals surface area contributed by atoms with E-state index in [1.165, 1.54) is 11.4 Å². The molecular weight excluding hydrogens is 526 g/mol. The van der Waals surface area contributed by atoms with Gasteiger partial charge in [0.25, 0.3) is 0 Å². The molecule has 0 aromatic heterocycles. The van der Waals surface area contributed by atoms with Crippen molar-refractivity contribution < 1.29 is 22.7 Å². The van der Waals surface area contributed by atoms with Crippen molar-refractivity contribution in [2.24, 2.45) is 0 Å². The van der Waals surface area contributed by atoms with Gasteiger partial charge < -0.3 is 15.0 Å². The number of sulfonamides is 1. The van der Waals surface area contributed by atoms with E-state index in [0.29, 0.717) is 22.9 Å². The molecule has 10 heteroatoms. The largest absolute Gasteiger partial charge is 0.495 e. The van der Waals surface area contributed by atoms with Crippen LogP contribution in [0.2, 0.25) is 5.02 Å². The molecular formula is C28H38ClN3O5S. The highest BCUT2D eigenvalue weighted by atomic mass is 35.5. The summed E-state index contributed by atoms with van der Waals surface area (Å²) in [6.07, 6.45) is 6.00. The number of amides is 2. The Morgan fingerprint density at radius 3 is 2.39 bits per heavy atom. The van der Waals surface area contributed by atoms with E-state index in [4.69, 9.17) is 16.3 Å². The molecule has 3 rings (SSSR count). The number of benzene rings is 2. The number of anilines is 1. The molecule has 1 N–H and O–H groups in total. The van der Waals surface area contributed by atoms with Gasteiger partial charge in [-0.2, -0.15) is 0 Å². The molecule has 1 atom stereocenters. The highest BCUT2D eigenvalue weighted by molar-refractivity contribution is 7.92. The van der Waals surface area contributed by atoms with Gasteiger partial charge in [-0.05, 0) is 49.4 Å². The first-order valence-corrected chi connectivity index (χ1v) is 15.3. The molecule has 0 saturated heterocycles. The number of nitrogens with one attached hydrogen (secondary N) is 1. The average molecular weight is 564 g/mol. The van der Waals surface area contributed by atoms with Crippen LogP contribution in [0.25, 0.3) is 0 Å². The normalized spacial score (nSPS) is 14.6. The second-order valence-electron chi connectivity index (χ2n) is 9.64. The quantitative estimate of drug-likeness (QED) is 0.379. The monoisotopic (exact) mass is 563 g/mol. The molecule has 1 aliphatic rings. The highest BCUT2D eigenvalue weighted by Crippen LogP contribution is 2.30. The van der Waals surface area contributed by atoms with Crippen LogP contribution < -0.4 is 14.4 Å². The fourth-order valence-corrected chi connectivity index (χ4v) is 6.08. The number of methoxy groups -OCH3 is 1. The molecule has 38 heavy (non-hydrogen) atoms. The highest BCUT2D eigenvalue weighted by Gasteiger charge is 2.31. The number of carbonyl (C=O) groups excluding carboxylic acids is 2. The SMILES string of the molecule is CC[C@@H](C(=O)NC1CCCC1)N(Cc1ccccc1Cl)C(=O)CCCN(c1ccccc1OC)S(C)(=O)=O. The molecule has 2 aromatic carbocycles. The number of hydrogen-bond acceptors (Lipinski definition) is 5. The molecule has 0 spiro atoms. The smallest absolute Gasteiger partial charge is 0.243 e. The van der Waals surface area contributed by atoms with Crippen molar-refractivity contribution in [3.05, 3.63) is 59.1 Å². The second kappa shape index (κ2) is 13.8. The third kappa shape index (κ3) is 7.86. The molecule has 0 radical (unpaired) electrons. The summed E-state index contributed by atoms with van der Waals surface area (Å²) in [6, 6.07) is 13.6. The minimum absolute atomic E-state index is 0.0683. The third-order valence-electron chi connectivity index (χ3n) is 6.89. The predicted molar refractivity (Wildman–Crippen MR) is 151 cm³/mol. The number of rotatable bonds is 13. The maximum atomic E-state index is 13.6. The molecule has 1 saturated carbocycles. The Bertz CT molecular complexity index is 1200. The van der Waals surface area contributed by atoms with Crippen LogP contribution in [0.3, 0.4) is 0 Å². The van der Waals surface area contributed by atoms with E-state index < -0.39 is 16.1 Å². The Labute approximate surface area is 231 Å². The molecule has 2 aromatic rings. The van der Waals surface area contributed by atoms with Gasteiger partial charge in [0.1, 0.15) is 11.8 Å². The van der Waals surface area contributed by atoms with Gasteiger partial charge in [0.15, 0.2) is 0 Å². The second-order valence-corrected chi connectivity index (χ2v) is 12.0. The summed E-state index contributed by atoms with van der Waals surface area (Å²) < 4.78 is 31.8. The molecule has 0 heterocycles. The zero-order chi connectivity index (χ0) is 27.7. The molecule has 208 valence electrons. The van der Waals surface area contributed by atoms with Gasteiger partial charge in [0.05, 0.1) is 19.1 Å². The first-order chi connectivity index (χ1) is 18.2. The lowest BCUT2D eigenvalue weighted by Crippen LogP contribution is -2.51. The number of halogens is 1. The number of para-hydroxylation sites is 2. The molecule has 0 unspecified atom stereocenters. The lowest BCUT2D eigenvalue weighted by Gasteiger charge is -2.32. The molecule has 8 nitrogen and oxygen atoms in total. The van der Waals surface area contributed by atoms with Gasteiger partial charge in [-0.3, -0.25) is 13.9 Å². The topological polar surface area (TPSA) is 96.0 Å². The molecule has 2 amide bonds. The third-order valence-corrected chi connectivity index (χ3v) is 8.44. The van der Waals surface area contributed by atoms with Crippen molar-refractivity contribution in [2.45, 2.75) is 70.5 Å². The van der Waals surface area contributed by atoms with Crippen LogP contribution in [0.1, 0.15) is 57.4 Å². The zero-order valence-electron chi connectivity index (χ0n) is 22.4. The Hall–Kier alpha value is -2.78. The molecule has 0 aliphatic heterocycles. The summed E-state index contributed by atoms with van der Waals surface area (Å²) in [4.78, 5) is 28.5. The van der Waals surface area contributed by atoms with Crippen LogP contribution in [-0.2, 0) is 26.2 Å². The average Bonchev–Trinajstić information content (AvgIpc) is 3.39. The first-order valence-electron chi connectivity index (χ1n) is 13.1. The number of ether oxygens (including phenoxy) is 1. The lowest BCUT2D eigenvalue weighted by molar-refractivity contribution is -0.141. The minimum atomic E-state index is -3.62. The summed E-state index contributed by atoms with van der Waals surface area (Å²) in [5, 5.41) is 3.65. The van der Waals surface area contributed by atoms with E-state index in [-0.39, 0.29) is 43.8 Å². The summed E-state index contributed by atoms with van der Waals surface area (Å²) >= 11 is 6.41. The van der Waals surface area contributed by atoms with Crippen LogP contribution in [0.4, 0.5) is 5.69 Å². The number of nitrogens with zero attached hydrogens (tertiary/aromatic N) is 2. The van der Waals surface area contributed by atoms with Crippen molar-refractivity contribution in [1.29, 1.82) is 0 Å². The van der Waals surface area contributed by atoms with Crippen molar-refractivity contribution in [3.63, 3.8) is 0 Å².